The van der Waals surface area contributed by atoms with Gasteiger partial charge in [0.05, 0.1) is 6.61 Å². The molecule has 1 aromatic carbocycles. The highest BCUT2D eigenvalue weighted by Gasteiger charge is 2.52. The minimum atomic E-state index is -0.178. The Morgan fingerprint density at radius 1 is 1.08 bits per heavy atom. The maximum atomic E-state index is 13.3. The molecule has 0 amide bonds. The average molecular weight is 519 g/mol. The van der Waals surface area contributed by atoms with Crippen LogP contribution in [0.25, 0.3) is 11.2 Å². The topological polar surface area (TPSA) is 97.7 Å². The van der Waals surface area contributed by atoms with E-state index in [2.05, 4.69) is 26.8 Å². The highest BCUT2D eigenvalue weighted by atomic mass is 35.5. The quantitative estimate of drug-likeness (QED) is 0.297. The Kier molecular flexibility index (Phi) is 6.15. The highest BCUT2D eigenvalue weighted by Crippen LogP contribution is 2.57. The summed E-state index contributed by atoms with van der Waals surface area (Å²) in [4.78, 5) is 30.3. The smallest absolute Gasteiger partial charge is 0.278 e. The Labute approximate surface area is 220 Å². The molecule has 3 fully saturated rings. The zero-order chi connectivity index (χ0) is 25.5. The molecule has 0 saturated heterocycles. The van der Waals surface area contributed by atoms with Crippen molar-refractivity contribution in [2.24, 2.45) is 5.41 Å². The van der Waals surface area contributed by atoms with Crippen LogP contribution >= 0.6 is 11.6 Å². The molecule has 2 N–H and O–H groups in total. The van der Waals surface area contributed by atoms with Crippen molar-refractivity contribution in [1.82, 2.24) is 24.5 Å². The fourth-order valence-corrected chi connectivity index (χ4v) is 6.32. The van der Waals surface area contributed by atoms with E-state index in [1.54, 1.807) is 18.3 Å². The summed E-state index contributed by atoms with van der Waals surface area (Å²) in [6.45, 7) is 3.57. The van der Waals surface area contributed by atoms with E-state index in [4.69, 9.17) is 26.3 Å². The third-order valence-electron chi connectivity index (χ3n) is 8.19. The number of anilines is 2. The molecule has 0 atom stereocenters. The molecule has 3 aliphatic carbocycles. The molecule has 4 aromatic rings. The number of halogens is 1. The Morgan fingerprint density at radius 2 is 1.89 bits per heavy atom. The van der Waals surface area contributed by atoms with Crippen LogP contribution in [0.4, 0.5) is 11.6 Å². The van der Waals surface area contributed by atoms with E-state index in [1.165, 1.54) is 0 Å². The number of rotatable bonds is 8. The van der Waals surface area contributed by atoms with Crippen molar-refractivity contribution in [3.05, 3.63) is 69.9 Å². The van der Waals surface area contributed by atoms with Crippen molar-refractivity contribution in [2.45, 2.75) is 63.8 Å². The van der Waals surface area contributed by atoms with Crippen molar-refractivity contribution in [1.29, 1.82) is 0 Å². The second-order valence-corrected chi connectivity index (χ2v) is 11.0. The van der Waals surface area contributed by atoms with Crippen LogP contribution < -0.4 is 15.6 Å². The number of aryl methyl sites for hydroxylation is 1. The normalized spacial score (nSPS) is 22.9. The number of aromatic nitrogens is 5. The zero-order valence-corrected chi connectivity index (χ0v) is 21.7. The number of imidazole rings is 1. The zero-order valence-electron chi connectivity index (χ0n) is 21.0. The van der Waals surface area contributed by atoms with Crippen LogP contribution in [-0.2, 0) is 12.0 Å². The maximum absolute atomic E-state index is 13.3. The summed E-state index contributed by atoms with van der Waals surface area (Å²) in [6.07, 6.45) is 9.05. The lowest BCUT2D eigenvalue weighted by Crippen LogP contribution is -2.48. The summed E-state index contributed by atoms with van der Waals surface area (Å²) in [6, 6.07) is 13.1. The maximum Gasteiger partial charge on any atom is 0.278 e. The van der Waals surface area contributed by atoms with Gasteiger partial charge in [-0.2, -0.15) is 4.98 Å². The summed E-state index contributed by atoms with van der Waals surface area (Å²) in [5.74, 6) is 2.07. The van der Waals surface area contributed by atoms with E-state index in [9.17, 15) is 4.79 Å². The molecule has 0 radical (unpaired) electrons. The fourth-order valence-electron chi connectivity index (χ4n) is 6.13. The highest BCUT2D eigenvalue weighted by molar-refractivity contribution is 6.30. The molecule has 2 bridgehead atoms. The standard InChI is InChI=1S/C28H31ClN6O2/c1-2-16-35-22-23(33-26(34-24(22)36)31-20-7-5-6-19(29)17-20)32-25(35)28-12-9-27(10-13-28,11-14-28)18-37-21-8-3-4-15-30-21/h3-8,15,17H,2,9-14,16,18H2,1H3,(H2,31,33,34,36). The lowest BCUT2D eigenvalue weighted by molar-refractivity contribution is -0.00401. The van der Waals surface area contributed by atoms with Crippen molar-refractivity contribution in [2.75, 3.05) is 11.9 Å². The van der Waals surface area contributed by atoms with Gasteiger partial charge in [0, 0.05) is 40.3 Å². The number of nitrogens with one attached hydrogen (secondary N) is 2. The number of pyridine rings is 1. The second-order valence-electron chi connectivity index (χ2n) is 10.5. The Hall–Kier alpha value is -3.39. The minimum absolute atomic E-state index is 0.0321. The fraction of sp³-hybridized carbons (Fsp3) is 0.429. The monoisotopic (exact) mass is 518 g/mol. The molecule has 3 aromatic heterocycles. The first kappa shape index (κ1) is 24.0. The lowest BCUT2D eigenvalue weighted by Gasteiger charge is -2.52. The van der Waals surface area contributed by atoms with Crippen LogP contribution in [0, 0.1) is 5.41 Å². The second kappa shape index (κ2) is 9.49. The third kappa shape index (κ3) is 4.48. The van der Waals surface area contributed by atoms with E-state index in [-0.39, 0.29) is 16.4 Å². The predicted octanol–water partition coefficient (Wildman–Crippen LogP) is 5.99. The molecule has 192 valence electrons. The van der Waals surface area contributed by atoms with E-state index in [1.807, 2.05) is 30.3 Å². The number of hydrogen-bond acceptors (Lipinski definition) is 6. The van der Waals surface area contributed by atoms with Crippen molar-refractivity contribution >= 4 is 34.4 Å². The average Bonchev–Trinajstić information content (AvgIpc) is 3.29. The number of nitrogens with zero attached hydrogens (tertiary/aromatic N) is 4. The van der Waals surface area contributed by atoms with Crippen molar-refractivity contribution in [3.63, 3.8) is 0 Å². The Bertz CT molecular complexity index is 1460. The van der Waals surface area contributed by atoms with Gasteiger partial charge in [-0.1, -0.05) is 30.7 Å². The number of hydrogen-bond donors (Lipinski definition) is 2. The summed E-state index contributed by atoms with van der Waals surface area (Å²) in [5.41, 5.74) is 1.78. The molecule has 0 spiro atoms. The molecular weight excluding hydrogens is 488 g/mol. The van der Waals surface area contributed by atoms with Crippen molar-refractivity contribution < 1.29 is 4.74 Å². The molecule has 0 aliphatic heterocycles. The number of aromatic amines is 1. The summed E-state index contributed by atoms with van der Waals surface area (Å²) < 4.78 is 8.23. The molecule has 3 saturated carbocycles. The number of benzene rings is 1. The van der Waals surface area contributed by atoms with Gasteiger partial charge in [0.15, 0.2) is 11.2 Å². The molecule has 8 nitrogen and oxygen atoms in total. The van der Waals surface area contributed by atoms with Gasteiger partial charge in [-0.05, 0) is 69.2 Å². The number of fused-ring (bicyclic) bond motifs is 4. The van der Waals surface area contributed by atoms with Gasteiger partial charge in [-0.3, -0.25) is 9.78 Å². The van der Waals surface area contributed by atoms with Crippen LogP contribution in [0.1, 0.15) is 57.7 Å². The van der Waals surface area contributed by atoms with Gasteiger partial charge in [-0.25, -0.2) is 9.97 Å². The van der Waals surface area contributed by atoms with Crippen LogP contribution in [0.15, 0.2) is 53.5 Å². The van der Waals surface area contributed by atoms with Gasteiger partial charge < -0.3 is 14.6 Å². The first-order chi connectivity index (χ1) is 18.0. The molecule has 9 heteroatoms. The first-order valence-corrected chi connectivity index (χ1v) is 13.4. The van der Waals surface area contributed by atoms with Crippen LogP contribution in [0.5, 0.6) is 5.88 Å². The van der Waals surface area contributed by atoms with Gasteiger partial charge in [0.2, 0.25) is 11.8 Å². The number of ether oxygens (including phenoxy) is 1. The third-order valence-corrected chi connectivity index (χ3v) is 8.42. The minimum Gasteiger partial charge on any atom is -0.477 e. The Morgan fingerprint density at radius 3 is 2.59 bits per heavy atom. The van der Waals surface area contributed by atoms with E-state index >= 15 is 0 Å². The Balaban J connectivity index is 1.29. The number of H-pyrrole nitrogens is 1. The molecule has 7 rings (SSSR count). The molecular formula is C28H31ClN6O2. The SMILES string of the molecule is CCCn1c(C23CCC(COc4ccccn4)(CC2)CC3)nc2nc(Nc3cccc(Cl)c3)[nH]c(=O)c21. The van der Waals surface area contributed by atoms with Gasteiger partial charge in [0.25, 0.3) is 5.56 Å². The lowest BCUT2D eigenvalue weighted by atomic mass is 9.53. The first-order valence-electron chi connectivity index (χ1n) is 13.1. The van der Waals surface area contributed by atoms with E-state index in [0.29, 0.717) is 34.6 Å². The molecule has 0 unspecified atom stereocenters. The predicted molar refractivity (Wildman–Crippen MR) is 145 cm³/mol. The van der Waals surface area contributed by atoms with Crippen LogP contribution in [0.3, 0.4) is 0 Å². The van der Waals surface area contributed by atoms with Gasteiger partial charge in [0.1, 0.15) is 5.82 Å². The van der Waals surface area contributed by atoms with Gasteiger partial charge in [-0.15, -0.1) is 0 Å². The van der Waals surface area contributed by atoms with Crippen LogP contribution in [-0.4, -0.2) is 31.1 Å². The molecule has 37 heavy (non-hydrogen) atoms. The summed E-state index contributed by atoms with van der Waals surface area (Å²) in [7, 11) is 0. The largest absolute Gasteiger partial charge is 0.477 e. The van der Waals surface area contributed by atoms with E-state index in [0.717, 1.165) is 63.0 Å². The summed E-state index contributed by atoms with van der Waals surface area (Å²) in [5, 5.41) is 3.77. The van der Waals surface area contributed by atoms with Crippen LogP contribution in [0.2, 0.25) is 5.02 Å². The van der Waals surface area contributed by atoms with Gasteiger partial charge >= 0.3 is 0 Å². The molecule has 3 heterocycles. The van der Waals surface area contributed by atoms with E-state index < -0.39 is 0 Å². The van der Waals surface area contributed by atoms with Crippen molar-refractivity contribution in [3.8, 4) is 5.88 Å². The molecule has 3 aliphatic rings. The summed E-state index contributed by atoms with van der Waals surface area (Å²) >= 11 is 6.12.